The predicted molar refractivity (Wildman–Crippen MR) is 78.3 cm³/mol. The first kappa shape index (κ1) is 13.8. The zero-order valence-electron chi connectivity index (χ0n) is 11.8. The maximum Gasteiger partial charge on any atom is 0.124 e. The minimum Gasteiger partial charge on any atom is -0.384 e. The maximum atomic E-state index is 13.7. The summed E-state index contributed by atoms with van der Waals surface area (Å²) in [5.74, 6) is 5.00. The lowest BCUT2D eigenvalue weighted by atomic mass is 10.0. The molecule has 0 unspecified atom stereocenters. The molecule has 0 fully saturated rings. The van der Waals surface area contributed by atoms with Gasteiger partial charge in [-0.2, -0.15) is 0 Å². The molecule has 1 aliphatic carbocycles. The van der Waals surface area contributed by atoms with Crippen molar-refractivity contribution in [2.24, 2.45) is 0 Å². The number of hydrogen-bond acceptors (Lipinski definition) is 2. The number of imidazole rings is 1. The van der Waals surface area contributed by atoms with E-state index in [4.69, 9.17) is 5.11 Å². The molecule has 0 aliphatic heterocycles. The summed E-state index contributed by atoms with van der Waals surface area (Å²) in [7, 11) is 0. The van der Waals surface area contributed by atoms with Crippen LogP contribution in [0.4, 0.5) is 4.39 Å². The largest absolute Gasteiger partial charge is 0.384 e. The molecule has 0 bridgehead atoms. The van der Waals surface area contributed by atoms with Crippen molar-refractivity contribution in [1.29, 1.82) is 0 Å². The Bertz CT molecular complexity index is 709. The number of aromatic nitrogens is 2. The molecule has 0 amide bonds. The van der Waals surface area contributed by atoms with Gasteiger partial charge in [0, 0.05) is 17.8 Å². The smallest absolute Gasteiger partial charge is 0.124 e. The topological polar surface area (TPSA) is 38.0 Å². The molecule has 1 heterocycles. The van der Waals surface area contributed by atoms with E-state index in [2.05, 4.69) is 21.4 Å². The highest BCUT2D eigenvalue weighted by atomic mass is 19.1. The third-order valence-corrected chi connectivity index (χ3v) is 3.73. The van der Waals surface area contributed by atoms with Crippen molar-refractivity contribution in [3.8, 4) is 11.8 Å². The van der Waals surface area contributed by atoms with Crippen LogP contribution in [0.2, 0.25) is 0 Å². The Labute approximate surface area is 123 Å². The van der Waals surface area contributed by atoms with Gasteiger partial charge in [-0.15, -0.1) is 0 Å². The van der Waals surface area contributed by atoms with Crippen molar-refractivity contribution in [1.82, 2.24) is 9.55 Å². The summed E-state index contributed by atoms with van der Waals surface area (Å²) in [5.41, 5.74) is 3.91. The summed E-state index contributed by atoms with van der Waals surface area (Å²) in [6.45, 7) is 0.384. The number of rotatable bonds is 2. The Hall–Kier alpha value is -2.12. The molecule has 1 aliphatic rings. The molecule has 0 saturated heterocycles. The van der Waals surface area contributed by atoms with Crippen molar-refractivity contribution < 1.29 is 9.50 Å². The Morgan fingerprint density at radius 2 is 2.10 bits per heavy atom. The third kappa shape index (κ3) is 3.14. The van der Waals surface area contributed by atoms with E-state index in [9.17, 15) is 4.39 Å². The van der Waals surface area contributed by atoms with Crippen molar-refractivity contribution in [2.75, 3.05) is 6.61 Å². The van der Waals surface area contributed by atoms with Crippen LogP contribution in [-0.4, -0.2) is 21.3 Å². The Balaban J connectivity index is 1.87. The SMILES string of the molecule is OCC#Cc1cc(F)cc(Cn2cnc3c2CCCC3)c1. The molecule has 0 radical (unpaired) electrons. The lowest BCUT2D eigenvalue weighted by Crippen LogP contribution is -2.09. The van der Waals surface area contributed by atoms with E-state index in [0.717, 1.165) is 18.4 Å². The number of aliphatic hydroxyl groups is 1. The fraction of sp³-hybridized carbons (Fsp3) is 0.353. The molecule has 108 valence electrons. The predicted octanol–water partition coefficient (Wildman–Crippen LogP) is 2.29. The molecule has 4 heteroatoms. The van der Waals surface area contributed by atoms with E-state index in [1.807, 2.05) is 12.4 Å². The van der Waals surface area contributed by atoms with Crippen molar-refractivity contribution in [3.05, 3.63) is 52.9 Å². The van der Waals surface area contributed by atoms with Gasteiger partial charge in [0.05, 0.1) is 12.0 Å². The van der Waals surface area contributed by atoms with Gasteiger partial charge in [0.15, 0.2) is 0 Å². The van der Waals surface area contributed by atoms with Gasteiger partial charge in [-0.05, 0) is 49.4 Å². The zero-order chi connectivity index (χ0) is 14.7. The quantitative estimate of drug-likeness (QED) is 0.859. The van der Waals surface area contributed by atoms with Gasteiger partial charge in [-0.3, -0.25) is 0 Å². The number of fused-ring (bicyclic) bond motifs is 1. The van der Waals surface area contributed by atoms with Crippen LogP contribution in [-0.2, 0) is 19.4 Å². The average Bonchev–Trinajstić information content (AvgIpc) is 2.88. The second kappa shape index (κ2) is 6.11. The molecule has 3 nitrogen and oxygen atoms in total. The highest BCUT2D eigenvalue weighted by molar-refractivity contribution is 5.38. The fourth-order valence-corrected chi connectivity index (χ4v) is 2.82. The lowest BCUT2D eigenvalue weighted by Gasteiger charge is -2.14. The molecule has 2 aromatic rings. The van der Waals surface area contributed by atoms with Crippen LogP contribution in [0.25, 0.3) is 0 Å². The van der Waals surface area contributed by atoms with Crippen molar-refractivity contribution in [3.63, 3.8) is 0 Å². The molecular weight excluding hydrogens is 267 g/mol. The Kier molecular flexibility index (Phi) is 4.03. The van der Waals surface area contributed by atoms with E-state index in [1.54, 1.807) is 0 Å². The summed E-state index contributed by atoms with van der Waals surface area (Å²) in [4.78, 5) is 4.46. The molecular formula is C17H17FN2O. The summed E-state index contributed by atoms with van der Waals surface area (Å²) >= 11 is 0. The highest BCUT2D eigenvalue weighted by Gasteiger charge is 2.15. The standard InChI is InChI=1S/C17H17FN2O/c18-15-9-13(4-3-7-21)8-14(10-15)11-20-12-19-16-5-1-2-6-17(16)20/h8-10,12,21H,1-2,5-7,11H2. The molecule has 1 aromatic carbocycles. The first-order chi connectivity index (χ1) is 10.3. The summed E-state index contributed by atoms with van der Waals surface area (Å²) < 4.78 is 15.8. The fourth-order valence-electron chi connectivity index (χ4n) is 2.82. The molecule has 1 aromatic heterocycles. The molecule has 0 saturated carbocycles. The molecule has 1 N–H and O–H groups in total. The van der Waals surface area contributed by atoms with Crippen molar-refractivity contribution >= 4 is 0 Å². The molecule has 3 rings (SSSR count). The van der Waals surface area contributed by atoms with Gasteiger partial charge in [0.25, 0.3) is 0 Å². The Morgan fingerprint density at radius 1 is 1.24 bits per heavy atom. The van der Waals surface area contributed by atoms with E-state index in [0.29, 0.717) is 12.1 Å². The van der Waals surface area contributed by atoms with Gasteiger partial charge in [-0.1, -0.05) is 11.8 Å². The lowest BCUT2D eigenvalue weighted by molar-refractivity contribution is 0.350. The molecule has 0 spiro atoms. The second-order valence-corrected chi connectivity index (χ2v) is 5.28. The van der Waals surface area contributed by atoms with Crippen LogP contribution in [0.15, 0.2) is 24.5 Å². The molecule has 0 atom stereocenters. The van der Waals surface area contributed by atoms with Gasteiger partial charge in [0.2, 0.25) is 0 Å². The van der Waals surface area contributed by atoms with Crippen LogP contribution in [0.1, 0.15) is 35.4 Å². The maximum absolute atomic E-state index is 13.7. The summed E-state index contributed by atoms with van der Waals surface area (Å²) in [6.07, 6.45) is 6.32. The van der Waals surface area contributed by atoms with Crippen LogP contribution < -0.4 is 0 Å². The summed E-state index contributed by atoms with van der Waals surface area (Å²) in [6, 6.07) is 4.77. The number of aliphatic hydroxyl groups excluding tert-OH is 1. The van der Waals surface area contributed by atoms with Crippen LogP contribution in [0.5, 0.6) is 0 Å². The van der Waals surface area contributed by atoms with Gasteiger partial charge >= 0.3 is 0 Å². The first-order valence-electron chi connectivity index (χ1n) is 7.18. The van der Waals surface area contributed by atoms with Crippen molar-refractivity contribution in [2.45, 2.75) is 32.2 Å². The zero-order valence-corrected chi connectivity index (χ0v) is 11.8. The van der Waals surface area contributed by atoms with Gasteiger partial charge < -0.3 is 9.67 Å². The number of nitrogens with zero attached hydrogens (tertiary/aromatic N) is 2. The number of aryl methyl sites for hydroxylation is 1. The monoisotopic (exact) mass is 284 g/mol. The minimum absolute atomic E-state index is 0.221. The number of hydrogen-bond donors (Lipinski definition) is 1. The molecule has 21 heavy (non-hydrogen) atoms. The van der Waals surface area contributed by atoms with E-state index in [-0.39, 0.29) is 12.4 Å². The van der Waals surface area contributed by atoms with Crippen LogP contribution >= 0.6 is 0 Å². The average molecular weight is 284 g/mol. The second-order valence-electron chi connectivity index (χ2n) is 5.28. The first-order valence-corrected chi connectivity index (χ1v) is 7.18. The van der Waals surface area contributed by atoms with Crippen LogP contribution in [0, 0.1) is 17.7 Å². The van der Waals surface area contributed by atoms with E-state index >= 15 is 0 Å². The number of benzene rings is 1. The van der Waals surface area contributed by atoms with Gasteiger partial charge in [-0.25, -0.2) is 9.37 Å². The Morgan fingerprint density at radius 3 is 2.95 bits per heavy atom. The number of halogens is 1. The summed E-state index contributed by atoms with van der Waals surface area (Å²) in [5, 5.41) is 8.73. The minimum atomic E-state index is -0.302. The van der Waals surface area contributed by atoms with Gasteiger partial charge in [0.1, 0.15) is 12.4 Å². The third-order valence-electron chi connectivity index (χ3n) is 3.73. The van der Waals surface area contributed by atoms with Crippen LogP contribution in [0.3, 0.4) is 0 Å². The normalized spacial score (nSPS) is 13.4. The van der Waals surface area contributed by atoms with E-state index in [1.165, 1.54) is 36.4 Å². The van der Waals surface area contributed by atoms with E-state index < -0.39 is 0 Å². The highest BCUT2D eigenvalue weighted by Crippen LogP contribution is 2.21.